The van der Waals surface area contributed by atoms with Crippen molar-refractivity contribution in [3.63, 3.8) is 0 Å². The van der Waals surface area contributed by atoms with E-state index in [4.69, 9.17) is 5.73 Å². The summed E-state index contributed by atoms with van der Waals surface area (Å²) >= 11 is 0. The Balaban J connectivity index is 2.20. The third-order valence-corrected chi connectivity index (χ3v) is 2.18. The highest BCUT2D eigenvalue weighted by Gasteiger charge is 2.23. The molecule has 2 amide bonds. The minimum atomic E-state index is 0.159. The van der Waals surface area contributed by atoms with Crippen molar-refractivity contribution >= 4 is 6.03 Å². The zero-order valence-corrected chi connectivity index (χ0v) is 7.62. The molecule has 1 aliphatic rings. The summed E-state index contributed by atoms with van der Waals surface area (Å²) in [4.78, 5) is 15.0. The highest BCUT2D eigenvalue weighted by molar-refractivity contribution is 5.76. The standard InChI is InChI=1S/C8H17N3O/c1-10-6-7-11(8(10)12)5-3-2-4-9/h2-7,9H2,1H3. The third-order valence-electron chi connectivity index (χ3n) is 2.18. The lowest BCUT2D eigenvalue weighted by molar-refractivity contribution is 0.198. The monoisotopic (exact) mass is 171 g/mol. The molecule has 1 heterocycles. The van der Waals surface area contributed by atoms with Crippen molar-refractivity contribution in [3.05, 3.63) is 0 Å². The first-order valence-electron chi connectivity index (χ1n) is 4.46. The number of hydrogen-bond donors (Lipinski definition) is 1. The Morgan fingerprint density at radius 1 is 1.42 bits per heavy atom. The van der Waals surface area contributed by atoms with Crippen LogP contribution in [0.4, 0.5) is 4.79 Å². The maximum absolute atomic E-state index is 11.3. The largest absolute Gasteiger partial charge is 0.330 e. The van der Waals surface area contributed by atoms with E-state index >= 15 is 0 Å². The van der Waals surface area contributed by atoms with Crippen molar-refractivity contribution in [2.24, 2.45) is 5.73 Å². The first-order chi connectivity index (χ1) is 5.75. The molecule has 0 aromatic rings. The molecule has 2 N–H and O–H groups in total. The Morgan fingerprint density at radius 3 is 2.67 bits per heavy atom. The predicted octanol–water partition coefficient (Wildman–Crippen LogP) is 0.0927. The molecule has 0 saturated carbocycles. The number of urea groups is 1. The van der Waals surface area contributed by atoms with Crippen molar-refractivity contribution in [2.45, 2.75) is 12.8 Å². The number of carbonyl (C=O) groups excluding carboxylic acids is 1. The summed E-state index contributed by atoms with van der Waals surface area (Å²) in [6, 6.07) is 0.159. The first-order valence-corrected chi connectivity index (χ1v) is 4.46. The van der Waals surface area contributed by atoms with Crippen LogP contribution in [0.5, 0.6) is 0 Å². The van der Waals surface area contributed by atoms with Crippen LogP contribution >= 0.6 is 0 Å². The second kappa shape index (κ2) is 4.30. The number of amides is 2. The van der Waals surface area contributed by atoms with Crippen molar-refractivity contribution in [1.29, 1.82) is 0 Å². The fraction of sp³-hybridized carbons (Fsp3) is 0.875. The van der Waals surface area contributed by atoms with Crippen molar-refractivity contribution in [3.8, 4) is 0 Å². The van der Waals surface area contributed by atoms with Crippen LogP contribution in [-0.4, -0.2) is 49.1 Å². The van der Waals surface area contributed by atoms with E-state index in [1.165, 1.54) is 0 Å². The summed E-state index contributed by atoms with van der Waals surface area (Å²) in [5.74, 6) is 0. The molecule has 4 heteroatoms. The number of unbranched alkanes of at least 4 members (excludes halogenated alkanes) is 1. The van der Waals surface area contributed by atoms with Gasteiger partial charge in [-0.05, 0) is 19.4 Å². The van der Waals surface area contributed by atoms with Gasteiger partial charge in [0.1, 0.15) is 0 Å². The predicted molar refractivity (Wildman–Crippen MR) is 47.9 cm³/mol. The quantitative estimate of drug-likeness (QED) is 0.609. The molecule has 0 aromatic heterocycles. The molecule has 1 aliphatic heterocycles. The van der Waals surface area contributed by atoms with Crippen LogP contribution in [-0.2, 0) is 0 Å². The summed E-state index contributed by atoms with van der Waals surface area (Å²) in [5.41, 5.74) is 5.36. The topological polar surface area (TPSA) is 49.6 Å². The molecule has 0 aliphatic carbocycles. The zero-order valence-electron chi connectivity index (χ0n) is 7.62. The van der Waals surface area contributed by atoms with Gasteiger partial charge in [-0.15, -0.1) is 0 Å². The third kappa shape index (κ3) is 2.11. The molecule has 0 bridgehead atoms. The van der Waals surface area contributed by atoms with Gasteiger partial charge in [-0.25, -0.2) is 4.79 Å². The number of rotatable bonds is 4. The molecule has 70 valence electrons. The Kier molecular flexibility index (Phi) is 3.34. The van der Waals surface area contributed by atoms with E-state index in [9.17, 15) is 4.79 Å². The molecule has 0 unspecified atom stereocenters. The van der Waals surface area contributed by atoms with Crippen LogP contribution in [0.2, 0.25) is 0 Å². The van der Waals surface area contributed by atoms with Gasteiger partial charge in [0.25, 0.3) is 0 Å². The van der Waals surface area contributed by atoms with Crippen LogP contribution in [0.15, 0.2) is 0 Å². The number of nitrogens with two attached hydrogens (primary N) is 1. The van der Waals surface area contributed by atoms with Gasteiger partial charge in [0, 0.05) is 26.7 Å². The number of hydrogen-bond acceptors (Lipinski definition) is 2. The van der Waals surface area contributed by atoms with E-state index < -0.39 is 0 Å². The van der Waals surface area contributed by atoms with Crippen LogP contribution < -0.4 is 5.73 Å². The summed E-state index contributed by atoms with van der Waals surface area (Å²) in [5, 5.41) is 0. The van der Waals surface area contributed by atoms with Crippen LogP contribution in [0, 0.1) is 0 Å². The zero-order chi connectivity index (χ0) is 8.97. The van der Waals surface area contributed by atoms with Crippen molar-refractivity contribution < 1.29 is 4.79 Å². The molecule has 1 saturated heterocycles. The molecule has 0 spiro atoms. The van der Waals surface area contributed by atoms with Gasteiger partial charge in [-0.1, -0.05) is 0 Å². The fourth-order valence-corrected chi connectivity index (χ4v) is 1.36. The number of carbonyl (C=O) groups is 1. The highest BCUT2D eigenvalue weighted by atomic mass is 16.2. The van der Waals surface area contributed by atoms with Crippen LogP contribution in [0.25, 0.3) is 0 Å². The van der Waals surface area contributed by atoms with E-state index in [0.29, 0.717) is 0 Å². The number of nitrogens with zero attached hydrogens (tertiary/aromatic N) is 2. The fourth-order valence-electron chi connectivity index (χ4n) is 1.36. The number of likely N-dealkylation sites (N-methyl/N-ethyl adjacent to an activating group) is 1. The first kappa shape index (κ1) is 9.32. The van der Waals surface area contributed by atoms with E-state index in [1.54, 1.807) is 4.90 Å². The van der Waals surface area contributed by atoms with E-state index in [1.807, 2.05) is 11.9 Å². The minimum Gasteiger partial charge on any atom is -0.330 e. The van der Waals surface area contributed by atoms with Crippen LogP contribution in [0.3, 0.4) is 0 Å². The minimum absolute atomic E-state index is 0.159. The molecular weight excluding hydrogens is 154 g/mol. The van der Waals surface area contributed by atoms with E-state index in [0.717, 1.165) is 39.0 Å². The van der Waals surface area contributed by atoms with Gasteiger partial charge < -0.3 is 15.5 Å². The second-order valence-corrected chi connectivity index (χ2v) is 3.19. The average Bonchev–Trinajstić information content (AvgIpc) is 2.36. The molecule has 1 rings (SSSR count). The molecule has 12 heavy (non-hydrogen) atoms. The molecule has 0 aromatic carbocycles. The lowest BCUT2D eigenvalue weighted by Gasteiger charge is -2.14. The lowest BCUT2D eigenvalue weighted by atomic mass is 10.3. The molecule has 1 fully saturated rings. The van der Waals surface area contributed by atoms with Gasteiger partial charge in [-0.2, -0.15) is 0 Å². The summed E-state index contributed by atoms with van der Waals surface area (Å²) in [6.07, 6.45) is 2.03. The maximum atomic E-state index is 11.3. The Hall–Kier alpha value is -0.770. The molecule has 0 atom stereocenters. The van der Waals surface area contributed by atoms with E-state index in [-0.39, 0.29) is 6.03 Å². The normalized spacial score (nSPS) is 17.7. The van der Waals surface area contributed by atoms with E-state index in [2.05, 4.69) is 0 Å². The van der Waals surface area contributed by atoms with Crippen molar-refractivity contribution in [1.82, 2.24) is 9.80 Å². The van der Waals surface area contributed by atoms with Gasteiger partial charge in [0.05, 0.1) is 0 Å². The van der Waals surface area contributed by atoms with Gasteiger partial charge in [0.2, 0.25) is 0 Å². The average molecular weight is 171 g/mol. The summed E-state index contributed by atoms with van der Waals surface area (Å²) < 4.78 is 0. The summed E-state index contributed by atoms with van der Waals surface area (Å²) in [6.45, 7) is 3.32. The SMILES string of the molecule is CN1CCN(CCCCN)C1=O. The van der Waals surface area contributed by atoms with Crippen LogP contribution in [0.1, 0.15) is 12.8 Å². The van der Waals surface area contributed by atoms with Gasteiger partial charge in [-0.3, -0.25) is 0 Å². The van der Waals surface area contributed by atoms with Gasteiger partial charge >= 0.3 is 6.03 Å². The Bertz CT molecular complexity index is 160. The Morgan fingerprint density at radius 2 is 2.17 bits per heavy atom. The molecule has 4 nitrogen and oxygen atoms in total. The maximum Gasteiger partial charge on any atom is 0.319 e. The molecule has 0 radical (unpaired) electrons. The lowest BCUT2D eigenvalue weighted by Crippen LogP contribution is -2.30. The second-order valence-electron chi connectivity index (χ2n) is 3.19. The molecular formula is C8H17N3O. The smallest absolute Gasteiger partial charge is 0.319 e. The summed E-state index contributed by atoms with van der Waals surface area (Å²) in [7, 11) is 1.84. The highest BCUT2D eigenvalue weighted by Crippen LogP contribution is 2.06. The van der Waals surface area contributed by atoms with Gasteiger partial charge in [0.15, 0.2) is 0 Å². The Labute approximate surface area is 73.3 Å². The van der Waals surface area contributed by atoms with Crippen molar-refractivity contribution in [2.75, 3.05) is 33.2 Å².